The Labute approximate surface area is 144 Å². The van der Waals surface area contributed by atoms with Gasteiger partial charge in [-0.25, -0.2) is 4.79 Å². The Morgan fingerprint density at radius 1 is 1.38 bits per heavy atom. The van der Waals surface area contributed by atoms with Gasteiger partial charge in [0.15, 0.2) is 0 Å². The Kier molecular flexibility index (Phi) is 6.10. The SMILES string of the molecule is CCC(NCC1CN(C(=O)OCc2ccccc2)CCO1)C1CC1. The van der Waals surface area contributed by atoms with Crippen molar-refractivity contribution in [2.45, 2.75) is 44.9 Å². The second kappa shape index (κ2) is 8.49. The van der Waals surface area contributed by atoms with Crippen LogP contribution in [0.1, 0.15) is 31.7 Å². The molecule has 0 radical (unpaired) electrons. The molecule has 2 atom stereocenters. The first-order chi connectivity index (χ1) is 11.8. The van der Waals surface area contributed by atoms with E-state index in [2.05, 4.69) is 12.2 Å². The molecule has 2 aliphatic rings. The predicted octanol–water partition coefficient (Wildman–Crippen LogP) is 2.80. The largest absolute Gasteiger partial charge is 0.445 e. The number of ether oxygens (including phenoxy) is 2. The summed E-state index contributed by atoms with van der Waals surface area (Å²) in [5, 5.41) is 3.61. The van der Waals surface area contributed by atoms with Gasteiger partial charge in [0.1, 0.15) is 6.61 Å². The van der Waals surface area contributed by atoms with Crippen molar-refractivity contribution < 1.29 is 14.3 Å². The number of carbonyl (C=O) groups excluding carboxylic acids is 1. The Balaban J connectivity index is 1.41. The molecule has 1 aromatic carbocycles. The molecule has 1 aliphatic carbocycles. The van der Waals surface area contributed by atoms with E-state index in [9.17, 15) is 4.79 Å². The highest BCUT2D eigenvalue weighted by Gasteiger charge is 2.31. The van der Waals surface area contributed by atoms with Crippen molar-refractivity contribution in [2.75, 3.05) is 26.2 Å². The van der Waals surface area contributed by atoms with Crippen LogP contribution < -0.4 is 5.32 Å². The van der Waals surface area contributed by atoms with E-state index < -0.39 is 0 Å². The maximum Gasteiger partial charge on any atom is 0.410 e. The summed E-state index contributed by atoms with van der Waals surface area (Å²) >= 11 is 0. The van der Waals surface area contributed by atoms with Crippen molar-refractivity contribution in [3.63, 3.8) is 0 Å². The van der Waals surface area contributed by atoms with Gasteiger partial charge in [-0.3, -0.25) is 0 Å². The summed E-state index contributed by atoms with van der Waals surface area (Å²) in [6.07, 6.45) is 3.64. The van der Waals surface area contributed by atoms with Gasteiger partial charge in [-0.05, 0) is 30.7 Å². The number of morpholine rings is 1. The third-order valence-electron chi connectivity index (χ3n) is 4.84. The van der Waals surface area contributed by atoms with Gasteiger partial charge in [0, 0.05) is 19.1 Å². The fraction of sp³-hybridized carbons (Fsp3) is 0.632. The zero-order chi connectivity index (χ0) is 16.8. The number of hydrogen-bond donors (Lipinski definition) is 1. The molecule has 2 unspecified atom stereocenters. The first-order valence-corrected chi connectivity index (χ1v) is 9.07. The second-order valence-electron chi connectivity index (χ2n) is 6.74. The summed E-state index contributed by atoms with van der Waals surface area (Å²) in [5.41, 5.74) is 1.01. The van der Waals surface area contributed by atoms with Crippen LogP contribution in [0.15, 0.2) is 30.3 Å². The molecule has 1 aliphatic heterocycles. The van der Waals surface area contributed by atoms with Gasteiger partial charge in [-0.15, -0.1) is 0 Å². The van der Waals surface area contributed by atoms with E-state index in [0.717, 1.165) is 24.4 Å². The summed E-state index contributed by atoms with van der Waals surface area (Å²) < 4.78 is 11.2. The number of carbonyl (C=O) groups is 1. The Morgan fingerprint density at radius 3 is 2.88 bits per heavy atom. The van der Waals surface area contributed by atoms with Crippen LogP contribution in [0.25, 0.3) is 0 Å². The fourth-order valence-electron chi connectivity index (χ4n) is 3.25. The molecule has 2 fully saturated rings. The summed E-state index contributed by atoms with van der Waals surface area (Å²) in [7, 11) is 0. The highest BCUT2D eigenvalue weighted by molar-refractivity contribution is 5.67. The van der Waals surface area contributed by atoms with Crippen LogP contribution in [0.3, 0.4) is 0 Å². The lowest BCUT2D eigenvalue weighted by Gasteiger charge is -2.33. The second-order valence-corrected chi connectivity index (χ2v) is 6.74. The molecule has 0 aromatic heterocycles. The zero-order valence-corrected chi connectivity index (χ0v) is 14.4. The first-order valence-electron chi connectivity index (χ1n) is 9.07. The van der Waals surface area contributed by atoms with Crippen LogP contribution in [0.5, 0.6) is 0 Å². The molecule has 5 heteroatoms. The smallest absolute Gasteiger partial charge is 0.410 e. The minimum Gasteiger partial charge on any atom is -0.445 e. The van der Waals surface area contributed by atoms with Gasteiger partial charge in [-0.1, -0.05) is 37.3 Å². The average Bonchev–Trinajstić information content (AvgIpc) is 3.46. The molecule has 1 heterocycles. The van der Waals surface area contributed by atoms with Crippen LogP contribution >= 0.6 is 0 Å². The number of rotatable bonds is 7. The summed E-state index contributed by atoms with van der Waals surface area (Å²) in [6, 6.07) is 10.4. The van der Waals surface area contributed by atoms with Crippen molar-refractivity contribution in [1.29, 1.82) is 0 Å². The molecule has 24 heavy (non-hydrogen) atoms. The summed E-state index contributed by atoms with van der Waals surface area (Å²) in [4.78, 5) is 14.0. The molecule has 0 bridgehead atoms. The standard InChI is InChI=1S/C19H28N2O3/c1-2-18(16-8-9-16)20-12-17-13-21(10-11-23-17)19(22)24-14-15-6-4-3-5-7-15/h3-7,16-18,20H,2,8-14H2,1H3. The van der Waals surface area contributed by atoms with E-state index in [1.807, 2.05) is 30.3 Å². The number of hydrogen-bond acceptors (Lipinski definition) is 4. The molecule has 132 valence electrons. The lowest BCUT2D eigenvalue weighted by Crippen LogP contribution is -2.50. The lowest BCUT2D eigenvalue weighted by atomic mass is 10.1. The van der Waals surface area contributed by atoms with Crippen LogP contribution in [-0.2, 0) is 16.1 Å². The van der Waals surface area contributed by atoms with Crippen LogP contribution in [-0.4, -0.2) is 49.4 Å². The third-order valence-corrected chi connectivity index (χ3v) is 4.84. The van der Waals surface area contributed by atoms with E-state index in [0.29, 0.717) is 32.3 Å². The van der Waals surface area contributed by atoms with E-state index in [1.54, 1.807) is 4.90 Å². The summed E-state index contributed by atoms with van der Waals surface area (Å²) in [6.45, 7) is 5.13. The molecule has 0 spiro atoms. The molecule has 1 saturated carbocycles. The van der Waals surface area contributed by atoms with Crippen LogP contribution in [0, 0.1) is 5.92 Å². The molecular formula is C19H28N2O3. The van der Waals surface area contributed by atoms with Gasteiger partial charge in [0.2, 0.25) is 0 Å². The van der Waals surface area contributed by atoms with Gasteiger partial charge in [0.25, 0.3) is 0 Å². The highest BCUT2D eigenvalue weighted by atomic mass is 16.6. The van der Waals surface area contributed by atoms with E-state index in [1.165, 1.54) is 12.8 Å². The van der Waals surface area contributed by atoms with Crippen molar-refractivity contribution in [1.82, 2.24) is 10.2 Å². The molecule has 1 amide bonds. The lowest BCUT2D eigenvalue weighted by molar-refractivity contribution is -0.0282. The average molecular weight is 332 g/mol. The number of amides is 1. The van der Waals surface area contributed by atoms with Gasteiger partial charge in [-0.2, -0.15) is 0 Å². The van der Waals surface area contributed by atoms with Gasteiger partial charge < -0.3 is 19.7 Å². The topological polar surface area (TPSA) is 50.8 Å². The van der Waals surface area contributed by atoms with E-state index in [-0.39, 0.29) is 12.2 Å². The molecule has 1 N–H and O–H groups in total. The van der Waals surface area contributed by atoms with Crippen molar-refractivity contribution in [3.05, 3.63) is 35.9 Å². The van der Waals surface area contributed by atoms with Crippen molar-refractivity contribution in [2.24, 2.45) is 5.92 Å². The molecular weight excluding hydrogens is 304 g/mol. The van der Waals surface area contributed by atoms with Crippen molar-refractivity contribution >= 4 is 6.09 Å². The molecule has 5 nitrogen and oxygen atoms in total. The maximum atomic E-state index is 12.3. The van der Waals surface area contributed by atoms with Crippen LogP contribution in [0.2, 0.25) is 0 Å². The number of benzene rings is 1. The fourth-order valence-corrected chi connectivity index (χ4v) is 3.25. The normalized spacial score (nSPS) is 22.2. The van der Waals surface area contributed by atoms with E-state index >= 15 is 0 Å². The Bertz CT molecular complexity index is 519. The highest BCUT2D eigenvalue weighted by Crippen LogP contribution is 2.33. The third kappa shape index (κ3) is 4.95. The van der Waals surface area contributed by atoms with Crippen molar-refractivity contribution in [3.8, 4) is 0 Å². The first kappa shape index (κ1) is 17.2. The minimum atomic E-state index is -0.249. The maximum absolute atomic E-state index is 12.3. The Hall–Kier alpha value is -1.59. The number of nitrogens with zero attached hydrogens (tertiary/aromatic N) is 1. The quantitative estimate of drug-likeness (QED) is 0.834. The van der Waals surface area contributed by atoms with Gasteiger partial charge >= 0.3 is 6.09 Å². The molecule has 1 aromatic rings. The Morgan fingerprint density at radius 2 is 2.17 bits per heavy atom. The zero-order valence-electron chi connectivity index (χ0n) is 14.4. The molecule has 1 saturated heterocycles. The molecule has 3 rings (SSSR count). The minimum absolute atomic E-state index is 0.0517. The predicted molar refractivity (Wildman–Crippen MR) is 92.7 cm³/mol. The van der Waals surface area contributed by atoms with Crippen LogP contribution in [0.4, 0.5) is 4.79 Å². The summed E-state index contributed by atoms with van der Waals surface area (Å²) in [5.74, 6) is 0.838. The van der Waals surface area contributed by atoms with Gasteiger partial charge in [0.05, 0.1) is 19.3 Å². The number of nitrogens with one attached hydrogen (secondary N) is 1. The monoisotopic (exact) mass is 332 g/mol. The van der Waals surface area contributed by atoms with E-state index in [4.69, 9.17) is 9.47 Å².